The van der Waals surface area contributed by atoms with E-state index >= 15 is 0 Å². The van der Waals surface area contributed by atoms with Crippen molar-refractivity contribution < 1.29 is 9.59 Å². The molecule has 3 rings (SSSR count). The molecule has 3 unspecified atom stereocenters. The highest BCUT2D eigenvalue weighted by Gasteiger charge is 2.25. The number of rotatable bonds is 6. The fraction of sp³-hybridized carbons (Fsp3) is 0.636. The van der Waals surface area contributed by atoms with Crippen LogP contribution in [0.1, 0.15) is 50.6 Å². The van der Waals surface area contributed by atoms with Gasteiger partial charge in [-0.25, -0.2) is 0 Å². The predicted octanol–water partition coefficient (Wildman–Crippen LogP) is 1.92. The second-order valence-corrected chi connectivity index (χ2v) is 8.41. The molecule has 3 atom stereocenters. The van der Waals surface area contributed by atoms with E-state index in [0.29, 0.717) is 38.0 Å². The molecule has 28 heavy (non-hydrogen) atoms. The van der Waals surface area contributed by atoms with E-state index in [-0.39, 0.29) is 17.9 Å². The summed E-state index contributed by atoms with van der Waals surface area (Å²) in [7, 11) is 0. The second kappa shape index (κ2) is 10.0. The third-order valence-electron chi connectivity index (χ3n) is 6.02. The molecule has 1 aliphatic heterocycles. The van der Waals surface area contributed by atoms with E-state index < -0.39 is 0 Å². The van der Waals surface area contributed by atoms with Crippen molar-refractivity contribution in [2.75, 3.05) is 32.7 Å². The van der Waals surface area contributed by atoms with Gasteiger partial charge in [0.25, 0.3) is 0 Å². The molecule has 0 bridgehead atoms. The van der Waals surface area contributed by atoms with Crippen LogP contribution in [0.5, 0.6) is 0 Å². The van der Waals surface area contributed by atoms with Gasteiger partial charge in [0.2, 0.25) is 11.8 Å². The lowest BCUT2D eigenvalue weighted by Gasteiger charge is -2.35. The van der Waals surface area contributed by atoms with E-state index in [1.165, 1.54) is 12.8 Å². The van der Waals surface area contributed by atoms with Gasteiger partial charge in [0.1, 0.15) is 0 Å². The molecule has 3 N–H and O–H groups in total. The third-order valence-corrected chi connectivity index (χ3v) is 6.02. The average Bonchev–Trinajstić information content (AvgIpc) is 2.69. The van der Waals surface area contributed by atoms with E-state index in [1.807, 2.05) is 35.2 Å². The Kier molecular flexibility index (Phi) is 7.45. The molecule has 154 valence electrons. The van der Waals surface area contributed by atoms with Crippen LogP contribution >= 0.6 is 0 Å². The fourth-order valence-electron chi connectivity index (χ4n) is 4.33. The Morgan fingerprint density at radius 1 is 1.14 bits per heavy atom. The van der Waals surface area contributed by atoms with Crippen molar-refractivity contribution in [1.82, 2.24) is 15.1 Å². The molecule has 0 spiro atoms. The van der Waals surface area contributed by atoms with Crippen LogP contribution in [-0.2, 0) is 9.59 Å². The number of piperazine rings is 1. The molecule has 1 aliphatic carbocycles. The van der Waals surface area contributed by atoms with E-state index in [0.717, 1.165) is 31.5 Å². The van der Waals surface area contributed by atoms with E-state index in [2.05, 4.69) is 17.1 Å². The van der Waals surface area contributed by atoms with Crippen LogP contribution in [0.3, 0.4) is 0 Å². The summed E-state index contributed by atoms with van der Waals surface area (Å²) in [5.74, 6) is 0.914. The minimum Gasteiger partial charge on any atom is -0.352 e. The molecule has 0 radical (unpaired) electrons. The summed E-state index contributed by atoms with van der Waals surface area (Å²) in [6.45, 7) is 5.48. The van der Waals surface area contributed by atoms with Gasteiger partial charge in [-0.1, -0.05) is 50.1 Å². The van der Waals surface area contributed by atoms with Crippen molar-refractivity contribution in [2.24, 2.45) is 11.7 Å². The molecule has 6 heteroatoms. The number of carbonyl (C=O) groups is 2. The summed E-state index contributed by atoms with van der Waals surface area (Å²) in [6, 6.07) is 9.81. The molecule has 1 saturated carbocycles. The lowest BCUT2D eigenvalue weighted by molar-refractivity contribution is -0.133. The van der Waals surface area contributed by atoms with Gasteiger partial charge in [-0.2, -0.15) is 0 Å². The Bertz CT molecular complexity index is 643. The van der Waals surface area contributed by atoms with Crippen molar-refractivity contribution >= 4 is 11.8 Å². The van der Waals surface area contributed by atoms with Gasteiger partial charge >= 0.3 is 0 Å². The molecule has 0 aromatic heterocycles. The molecule has 1 heterocycles. The molecular formula is C22H34N4O2. The maximum Gasteiger partial charge on any atom is 0.234 e. The average molecular weight is 387 g/mol. The van der Waals surface area contributed by atoms with E-state index in [9.17, 15) is 9.59 Å². The summed E-state index contributed by atoms with van der Waals surface area (Å²) in [6.07, 6.45) is 4.99. The normalized spacial score (nSPS) is 24.6. The number of amides is 2. The highest BCUT2D eigenvalue weighted by Crippen LogP contribution is 2.23. The van der Waals surface area contributed by atoms with Gasteiger partial charge in [-0.15, -0.1) is 0 Å². The zero-order valence-electron chi connectivity index (χ0n) is 17.0. The van der Waals surface area contributed by atoms with Crippen LogP contribution in [0.2, 0.25) is 0 Å². The fourth-order valence-corrected chi connectivity index (χ4v) is 4.33. The van der Waals surface area contributed by atoms with Crippen LogP contribution in [0.4, 0.5) is 0 Å². The Morgan fingerprint density at radius 3 is 2.54 bits per heavy atom. The van der Waals surface area contributed by atoms with Crippen LogP contribution < -0.4 is 11.1 Å². The van der Waals surface area contributed by atoms with E-state index in [1.54, 1.807) is 0 Å². The Balaban J connectivity index is 1.38. The number of nitrogens with two attached hydrogens (primary N) is 1. The zero-order chi connectivity index (χ0) is 19.9. The van der Waals surface area contributed by atoms with Gasteiger partial charge in [0, 0.05) is 44.7 Å². The number of hydrogen-bond acceptors (Lipinski definition) is 4. The minimum absolute atomic E-state index is 0.0941. The predicted molar refractivity (Wildman–Crippen MR) is 111 cm³/mol. The van der Waals surface area contributed by atoms with Crippen LogP contribution in [0.25, 0.3) is 0 Å². The molecule has 1 saturated heterocycles. The number of hydrogen-bond donors (Lipinski definition) is 2. The monoisotopic (exact) mass is 386 g/mol. The highest BCUT2D eigenvalue weighted by molar-refractivity contribution is 5.79. The largest absolute Gasteiger partial charge is 0.352 e. The summed E-state index contributed by atoms with van der Waals surface area (Å²) < 4.78 is 0. The first-order chi connectivity index (χ1) is 13.5. The van der Waals surface area contributed by atoms with Crippen molar-refractivity contribution in [2.45, 2.75) is 51.1 Å². The topological polar surface area (TPSA) is 78.7 Å². The first-order valence-electron chi connectivity index (χ1n) is 10.6. The van der Waals surface area contributed by atoms with Gasteiger partial charge in [0.05, 0.1) is 6.54 Å². The van der Waals surface area contributed by atoms with Gasteiger partial charge in [0.15, 0.2) is 0 Å². The molecule has 1 aromatic rings. The standard InChI is InChI=1S/C22H34N4O2/c1-17-6-5-9-19(14-17)24-21(27)16-25-10-12-26(13-11-25)22(28)15-20(23)18-7-3-2-4-8-18/h2-4,7-8,17,19-20H,5-6,9-16,23H2,1H3,(H,24,27). The maximum absolute atomic E-state index is 12.6. The van der Waals surface area contributed by atoms with Crippen molar-refractivity contribution in [3.05, 3.63) is 35.9 Å². The SMILES string of the molecule is CC1CCCC(NC(=O)CN2CCN(C(=O)CC(N)c3ccccc3)CC2)C1. The molecule has 6 nitrogen and oxygen atoms in total. The Labute approximate surface area is 168 Å². The third kappa shape index (κ3) is 6.04. The van der Waals surface area contributed by atoms with Gasteiger partial charge in [-0.05, 0) is 24.3 Å². The van der Waals surface area contributed by atoms with Gasteiger partial charge in [-0.3, -0.25) is 14.5 Å². The molecule has 1 aromatic carbocycles. The number of carbonyl (C=O) groups excluding carboxylic acids is 2. The van der Waals surface area contributed by atoms with E-state index in [4.69, 9.17) is 5.73 Å². The lowest BCUT2D eigenvalue weighted by Crippen LogP contribution is -2.52. The Morgan fingerprint density at radius 2 is 1.86 bits per heavy atom. The summed E-state index contributed by atoms with van der Waals surface area (Å²) >= 11 is 0. The zero-order valence-corrected chi connectivity index (χ0v) is 17.0. The summed E-state index contributed by atoms with van der Waals surface area (Å²) in [5.41, 5.74) is 7.17. The molecule has 2 amide bonds. The van der Waals surface area contributed by atoms with Crippen LogP contribution in [0.15, 0.2) is 30.3 Å². The van der Waals surface area contributed by atoms with Gasteiger partial charge < -0.3 is 16.0 Å². The number of nitrogens with zero attached hydrogens (tertiary/aromatic N) is 2. The second-order valence-electron chi connectivity index (χ2n) is 8.41. The first kappa shape index (κ1) is 20.8. The molecular weight excluding hydrogens is 352 g/mol. The lowest BCUT2D eigenvalue weighted by atomic mass is 9.87. The van der Waals surface area contributed by atoms with Crippen LogP contribution in [0, 0.1) is 5.92 Å². The minimum atomic E-state index is -0.268. The highest BCUT2D eigenvalue weighted by atomic mass is 16.2. The van der Waals surface area contributed by atoms with Crippen LogP contribution in [-0.4, -0.2) is 60.4 Å². The first-order valence-corrected chi connectivity index (χ1v) is 10.6. The quantitative estimate of drug-likeness (QED) is 0.783. The smallest absolute Gasteiger partial charge is 0.234 e. The molecule has 2 fully saturated rings. The van der Waals surface area contributed by atoms with Crippen molar-refractivity contribution in [3.8, 4) is 0 Å². The Hall–Kier alpha value is -1.92. The van der Waals surface area contributed by atoms with Crippen molar-refractivity contribution in [1.29, 1.82) is 0 Å². The number of nitrogens with one attached hydrogen (secondary N) is 1. The molecule has 2 aliphatic rings. The number of benzene rings is 1. The maximum atomic E-state index is 12.6. The summed E-state index contributed by atoms with van der Waals surface area (Å²) in [5, 5.41) is 3.20. The van der Waals surface area contributed by atoms with Crippen molar-refractivity contribution in [3.63, 3.8) is 0 Å². The summed E-state index contributed by atoms with van der Waals surface area (Å²) in [4.78, 5) is 28.9.